The molecule has 20 heavy (non-hydrogen) atoms. The Labute approximate surface area is 117 Å². The predicted octanol–water partition coefficient (Wildman–Crippen LogP) is 4.05. The van der Waals surface area contributed by atoms with Crippen LogP contribution in [0.1, 0.15) is 17.0 Å². The molecular weight excluding hydrogens is 244 g/mol. The highest BCUT2D eigenvalue weighted by Crippen LogP contribution is 2.49. The fourth-order valence-electron chi connectivity index (χ4n) is 3.27. The number of fused-ring (bicyclic) bond motifs is 3. The lowest BCUT2D eigenvalue weighted by Gasteiger charge is -2.15. The van der Waals surface area contributed by atoms with Crippen molar-refractivity contribution in [2.75, 3.05) is 0 Å². The van der Waals surface area contributed by atoms with E-state index in [4.69, 9.17) is 0 Å². The molecule has 0 aromatic heterocycles. The summed E-state index contributed by atoms with van der Waals surface area (Å²) in [5, 5.41) is 0. The van der Waals surface area contributed by atoms with Crippen LogP contribution in [0.4, 0.5) is 0 Å². The first kappa shape index (κ1) is 11.2. The highest BCUT2D eigenvalue weighted by molar-refractivity contribution is 5.83. The Kier molecular flexibility index (Phi) is 2.35. The topological polar surface area (TPSA) is 17.1 Å². The monoisotopic (exact) mass is 256 g/mol. The Balaban J connectivity index is 1.99. The molecule has 2 aliphatic rings. The quantitative estimate of drug-likeness (QED) is 0.703. The molecule has 0 radical (unpaired) electrons. The van der Waals surface area contributed by atoms with Crippen LogP contribution < -0.4 is 0 Å². The van der Waals surface area contributed by atoms with Gasteiger partial charge in [0.1, 0.15) is 5.94 Å². The van der Waals surface area contributed by atoms with Crippen molar-refractivity contribution in [2.24, 2.45) is 0 Å². The number of hydrogen-bond acceptors (Lipinski definition) is 1. The minimum Gasteiger partial charge on any atom is -0.233 e. The first-order valence-corrected chi connectivity index (χ1v) is 6.72. The molecule has 0 saturated carbocycles. The molecule has 2 aromatic rings. The predicted molar refractivity (Wildman–Crippen MR) is 80.2 cm³/mol. The van der Waals surface area contributed by atoms with E-state index in [-0.39, 0.29) is 5.92 Å². The lowest BCUT2D eigenvalue weighted by atomic mass is 9.87. The highest BCUT2D eigenvalue weighted by Gasteiger charge is 2.32. The van der Waals surface area contributed by atoms with Crippen molar-refractivity contribution in [2.45, 2.75) is 5.92 Å². The van der Waals surface area contributed by atoms with Crippen LogP contribution in [0.5, 0.6) is 0 Å². The molecule has 0 bridgehead atoms. The van der Waals surface area contributed by atoms with Crippen LogP contribution in [0.3, 0.4) is 0 Å². The van der Waals surface area contributed by atoms with E-state index in [1.54, 1.807) is 0 Å². The van der Waals surface area contributed by atoms with Gasteiger partial charge >= 0.3 is 0 Å². The minimum atomic E-state index is 0.147. The summed E-state index contributed by atoms with van der Waals surface area (Å²) in [5.41, 5.74) is 6.81. The SMILES string of the molecule is O=C=C1C=CC=C1C1c2ccccc2-c2ccccc21. The van der Waals surface area contributed by atoms with E-state index >= 15 is 0 Å². The van der Waals surface area contributed by atoms with Gasteiger partial charge in [0.25, 0.3) is 0 Å². The maximum Gasteiger partial charge on any atom is 0.132 e. The van der Waals surface area contributed by atoms with Gasteiger partial charge in [0, 0.05) is 5.92 Å². The molecule has 0 heterocycles. The van der Waals surface area contributed by atoms with Gasteiger partial charge < -0.3 is 0 Å². The van der Waals surface area contributed by atoms with E-state index in [1.165, 1.54) is 22.3 Å². The van der Waals surface area contributed by atoms with Crippen LogP contribution in [0.15, 0.2) is 77.9 Å². The lowest BCUT2D eigenvalue weighted by molar-refractivity contribution is 0.568. The molecular formula is C19H12O. The van der Waals surface area contributed by atoms with E-state index < -0.39 is 0 Å². The van der Waals surface area contributed by atoms with Crippen LogP contribution >= 0.6 is 0 Å². The molecule has 1 heteroatoms. The largest absolute Gasteiger partial charge is 0.233 e. The third-order valence-corrected chi connectivity index (χ3v) is 4.10. The van der Waals surface area contributed by atoms with Crippen LogP contribution in [-0.2, 0) is 4.79 Å². The van der Waals surface area contributed by atoms with Crippen molar-refractivity contribution < 1.29 is 4.79 Å². The van der Waals surface area contributed by atoms with Crippen molar-refractivity contribution in [3.63, 3.8) is 0 Å². The van der Waals surface area contributed by atoms with Crippen molar-refractivity contribution in [3.8, 4) is 11.1 Å². The summed E-state index contributed by atoms with van der Waals surface area (Å²) in [7, 11) is 0. The summed E-state index contributed by atoms with van der Waals surface area (Å²) in [6, 6.07) is 16.9. The zero-order chi connectivity index (χ0) is 13.5. The zero-order valence-corrected chi connectivity index (χ0v) is 10.8. The average molecular weight is 256 g/mol. The molecule has 1 nitrogen and oxygen atoms in total. The van der Waals surface area contributed by atoms with E-state index in [0.717, 1.165) is 5.57 Å². The Morgan fingerprint density at radius 2 is 1.45 bits per heavy atom. The van der Waals surface area contributed by atoms with Crippen molar-refractivity contribution in [1.82, 2.24) is 0 Å². The molecule has 4 rings (SSSR count). The maximum atomic E-state index is 11.1. The second-order valence-electron chi connectivity index (χ2n) is 5.10. The van der Waals surface area contributed by atoms with Gasteiger partial charge in [0.2, 0.25) is 0 Å². The second-order valence-corrected chi connectivity index (χ2v) is 5.10. The number of allylic oxidation sites excluding steroid dienone is 5. The maximum absolute atomic E-state index is 11.1. The molecule has 0 saturated heterocycles. The van der Waals surface area contributed by atoms with Crippen molar-refractivity contribution in [1.29, 1.82) is 0 Å². The molecule has 0 fully saturated rings. The molecule has 2 aromatic carbocycles. The number of carbonyl (C=O) groups excluding carboxylic acids is 1. The summed E-state index contributed by atoms with van der Waals surface area (Å²) in [5.74, 6) is 2.21. The standard InChI is InChI=1S/C19H12O/c20-12-13-6-5-11-14(13)19-17-9-3-1-7-15(17)16-8-2-4-10-18(16)19/h1-11,19H. The van der Waals surface area contributed by atoms with Gasteiger partial charge in [-0.1, -0.05) is 60.7 Å². The second kappa shape index (κ2) is 4.19. The Morgan fingerprint density at radius 3 is 2.05 bits per heavy atom. The zero-order valence-electron chi connectivity index (χ0n) is 10.8. The summed E-state index contributed by atoms with van der Waals surface area (Å²) in [4.78, 5) is 11.1. The number of rotatable bonds is 1. The summed E-state index contributed by atoms with van der Waals surface area (Å²) >= 11 is 0. The molecule has 2 aliphatic carbocycles. The molecule has 0 N–H and O–H groups in total. The van der Waals surface area contributed by atoms with Crippen LogP contribution in [-0.4, -0.2) is 5.94 Å². The van der Waals surface area contributed by atoms with E-state index in [1.807, 2.05) is 18.2 Å². The van der Waals surface area contributed by atoms with Gasteiger partial charge in [0.15, 0.2) is 0 Å². The summed E-state index contributed by atoms with van der Waals surface area (Å²) < 4.78 is 0. The van der Waals surface area contributed by atoms with Crippen LogP contribution in [0, 0.1) is 0 Å². The fraction of sp³-hybridized carbons (Fsp3) is 0.0526. The molecule has 0 unspecified atom stereocenters. The Morgan fingerprint density at radius 1 is 0.850 bits per heavy atom. The van der Waals surface area contributed by atoms with Crippen LogP contribution in [0.25, 0.3) is 11.1 Å². The normalized spacial score (nSPS) is 15.8. The van der Waals surface area contributed by atoms with Gasteiger partial charge in [-0.25, -0.2) is 4.79 Å². The van der Waals surface area contributed by atoms with Gasteiger partial charge in [0.05, 0.1) is 5.57 Å². The third-order valence-electron chi connectivity index (χ3n) is 4.10. The molecule has 0 atom stereocenters. The molecule has 0 aliphatic heterocycles. The number of benzene rings is 2. The van der Waals surface area contributed by atoms with E-state index in [0.29, 0.717) is 5.57 Å². The van der Waals surface area contributed by atoms with E-state index in [2.05, 4.69) is 54.5 Å². The van der Waals surface area contributed by atoms with Gasteiger partial charge in [-0.3, -0.25) is 0 Å². The highest BCUT2D eigenvalue weighted by atomic mass is 16.1. The smallest absolute Gasteiger partial charge is 0.132 e. The van der Waals surface area contributed by atoms with E-state index in [9.17, 15) is 4.79 Å². The third kappa shape index (κ3) is 1.41. The molecule has 94 valence electrons. The van der Waals surface area contributed by atoms with Gasteiger partial charge in [-0.2, -0.15) is 0 Å². The minimum absolute atomic E-state index is 0.147. The number of hydrogen-bond donors (Lipinski definition) is 0. The average Bonchev–Trinajstić information content (AvgIpc) is 3.08. The fourth-order valence-corrected chi connectivity index (χ4v) is 3.27. The van der Waals surface area contributed by atoms with Crippen LogP contribution in [0.2, 0.25) is 0 Å². The lowest BCUT2D eigenvalue weighted by Crippen LogP contribution is -2.01. The van der Waals surface area contributed by atoms with Crippen molar-refractivity contribution >= 4 is 5.94 Å². The Bertz CT molecular complexity index is 772. The Hall–Kier alpha value is -2.63. The summed E-state index contributed by atoms with van der Waals surface area (Å²) in [6.45, 7) is 0. The molecule has 0 amide bonds. The molecule has 0 spiro atoms. The first-order valence-electron chi connectivity index (χ1n) is 6.72. The first-order chi connectivity index (χ1) is 9.90. The van der Waals surface area contributed by atoms with Gasteiger partial charge in [-0.15, -0.1) is 0 Å². The summed E-state index contributed by atoms with van der Waals surface area (Å²) in [6.07, 6.45) is 5.80. The van der Waals surface area contributed by atoms with Gasteiger partial charge in [-0.05, 0) is 33.9 Å². The van der Waals surface area contributed by atoms with Crippen molar-refractivity contribution in [3.05, 3.63) is 89.0 Å².